The topological polar surface area (TPSA) is 79.3 Å². The van der Waals surface area contributed by atoms with Crippen LogP contribution in [0, 0.1) is 0 Å². The molecule has 1 aliphatic rings. The molecule has 2 aromatic rings. The van der Waals surface area contributed by atoms with Crippen molar-refractivity contribution in [1.29, 1.82) is 0 Å². The van der Waals surface area contributed by atoms with Crippen molar-refractivity contribution in [1.82, 2.24) is 9.80 Å². The lowest BCUT2D eigenvalue weighted by Gasteiger charge is -2.28. The fraction of sp³-hybridized carbons (Fsp3) is 0.385. The van der Waals surface area contributed by atoms with E-state index in [0.717, 1.165) is 19.6 Å². The lowest BCUT2D eigenvalue weighted by atomic mass is 9.94. The van der Waals surface area contributed by atoms with Gasteiger partial charge < -0.3 is 24.4 Å². The first-order valence-corrected chi connectivity index (χ1v) is 11.2. The molecule has 1 atom stereocenters. The molecule has 1 N–H and O–H groups in total. The Morgan fingerprint density at radius 3 is 2.33 bits per heavy atom. The molecule has 1 amide bonds. The smallest absolute Gasteiger partial charge is 0.295 e. The standard InChI is InChI=1S/C26H32N2O5/c1-5-27(6-2)15-10-16-28-23(20-17-19(32-3)13-14-21(20)33-4)22(25(30)26(28)31)24(29)18-11-8-7-9-12-18/h7-9,11-14,17,23,29H,5-6,10,15-16H2,1-4H3/t23-/m0/s1. The number of carbonyl (C=O) groups excluding carboxylic acids is 2. The Balaban J connectivity index is 2.11. The average Bonchev–Trinajstić information content (AvgIpc) is 3.11. The van der Waals surface area contributed by atoms with Gasteiger partial charge in [0, 0.05) is 17.7 Å². The summed E-state index contributed by atoms with van der Waals surface area (Å²) in [5.74, 6) is -0.444. The summed E-state index contributed by atoms with van der Waals surface area (Å²) in [6.45, 7) is 7.19. The summed E-state index contributed by atoms with van der Waals surface area (Å²) in [5, 5.41) is 11.1. The van der Waals surface area contributed by atoms with E-state index in [1.165, 1.54) is 12.0 Å². The SMILES string of the molecule is CCN(CC)CCCN1C(=O)C(=O)C(=C(O)c2ccccc2)[C@@H]1c1cc(OC)ccc1OC. The minimum Gasteiger partial charge on any atom is -0.507 e. The van der Waals surface area contributed by atoms with Crippen LogP contribution in [0.15, 0.2) is 54.1 Å². The van der Waals surface area contributed by atoms with Crippen molar-refractivity contribution < 1.29 is 24.2 Å². The Morgan fingerprint density at radius 1 is 1.03 bits per heavy atom. The van der Waals surface area contributed by atoms with E-state index in [1.54, 1.807) is 49.6 Å². The zero-order valence-corrected chi connectivity index (χ0v) is 19.7. The minimum absolute atomic E-state index is 0.0561. The van der Waals surface area contributed by atoms with Crippen LogP contribution in [0.4, 0.5) is 0 Å². The van der Waals surface area contributed by atoms with Gasteiger partial charge in [-0.3, -0.25) is 9.59 Å². The third-order valence-electron chi connectivity index (χ3n) is 6.09. The molecule has 1 saturated heterocycles. The second-order valence-electron chi connectivity index (χ2n) is 7.85. The molecule has 7 nitrogen and oxygen atoms in total. The summed E-state index contributed by atoms with van der Waals surface area (Å²) in [6.07, 6.45) is 0.697. The predicted molar refractivity (Wildman–Crippen MR) is 127 cm³/mol. The summed E-state index contributed by atoms with van der Waals surface area (Å²) in [5.41, 5.74) is 1.13. The Kier molecular flexibility index (Phi) is 8.11. The van der Waals surface area contributed by atoms with E-state index >= 15 is 0 Å². The van der Waals surface area contributed by atoms with Crippen LogP contribution < -0.4 is 9.47 Å². The maximum Gasteiger partial charge on any atom is 0.295 e. The highest BCUT2D eigenvalue weighted by atomic mass is 16.5. The van der Waals surface area contributed by atoms with Crippen LogP contribution in [0.1, 0.15) is 37.4 Å². The van der Waals surface area contributed by atoms with Gasteiger partial charge in [-0.1, -0.05) is 44.2 Å². The van der Waals surface area contributed by atoms with Gasteiger partial charge in [0.25, 0.3) is 11.7 Å². The maximum absolute atomic E-state index is 13.2. The molecule has 1 fully saturated rings. The number of carbonyl (C=O) groups is 2. The van der Waals surface area contributed by atoms with Crippen molar-refractivity contribution in [3.05, 3.63) is 65.2 Å². The number of hydrogen-bond acceptors (Lipinski definition) is 6. The van der Waals surface area contributed by atoms with Gasteiger partial charge >= 0.3 is 0 Å². The fourth-order valence-electron chi connectivity index (χ4n) is 4.24. The number of likely N-dealkylation sites (tertiary alicyclic amines) is 1. The van der Waals surface area contributed by atoms with E-state index in [4.69, 9.17) is 9.47 Å². The number of nitrogens with zero attached hydrogens (tertiary/aromatic N) is 2. The third kappa shape index (κ3) is 5.03. The van der Waals surface area contributed by atoms with Crippen LogP contribution in [0.3, 0.4) is 0 Å². The Bertz CT molecular complexity index is 1010. The fourth-order valence-corrected chi connectivity index (χ4v) is 4.24. The molecule has 0 spiro atoms. The van der Waals surface area contributed by atoms with E-state index in [9.17, 15) is 14.7 Å². The number of ketones is 1. The van der Waals surface area contributed by atoms with Crippen LogP contribution in [0.25, 0.3) is 5.76 Å². The van der Waals surface area contributed by atoms with Crippen molar-refractivity contribution in [3.63, 3.8) is 0 Å². The van der Waals surface area contributed by atoms with Crippen molar-refractivity contribution in [2.24, 2.45) is 0 Å². The molecule has 0 aromatic heterocycles. The number of rotatable bonds is 10. The Hall–Kier alpha value is -3.32. The summed E-state index contributed by atoms with van der Waals surface area (Å²) < 4.78 is 11.0. The zero-order chi connectivity index (χ0) is 24.0. The number of Topliss-reactive ketones (excluding diaryl/α,β-unsaturated/α-hetero) is 1. The predicted octanol–water partition coefficient (Wildman–Crippen LogP) is 3.86. The van der Waals surface area contributed by atoms with Crippen molar-refractivity contribution in [2.75, 3.05) is 40.4 Å². The molecule has 0 saturated carbocycles. The summed E-state index contributed by atoms with van der Waals surface area (Å²) in [7, 11) is 3.09. The van der Waals surface area contributed by atoms with E-state index in [-0.39, 0.29) is 11.3 Å². The lowest BCUT2D eigenvalue weighted by molar-refractivity contribution is -0.140. The molecular weight excluding hydrogens is 420 g/mol. The first-order chi connectivity index (χ1) is 16.0. The van der Waals surface area contributed by atoms with Crippen molar-refractivity contribution in [2.45, 2.75) is 26.3 Å². The highest BCUT2D eigenvalue weighted by molar-refractivity contribution is 6.46. The molecule has 176 valence electrons. The van der Waals surface area contributed by atoms with E-state index in [0.29, 0.717) is 35.6 Å². The van der Waals surface area contributed by atoms with Crippen LogP contribution in [-0.4, -0.2) is 67.0 Å². The Morgan fingerprint density at radius 2 is 1.73 bits per heavy atom. The van der Waals surface area contributed by atoms with Gasteiger partial charge in [0.15, 0.2) is 0 Å². The molecule has 0 aliphatic carbocycles. The van der Waals surface area contributed by atoms with Crippen molar-refractivity contribution >= 4 is 17.4 Å². The Labute approximate surface area is 195 Å². The van der Waals surface area contributed by atoms with Gasteiger partial charge in [0.05, 0.1) is 25.8 Å². The van der Waals surface area contributed by atoms with Gasteiger partial charge in [0.1, 0.15) is 17.3 Å². The number of benzene rings is 2. The lowest BCUT2D eigenvalue weighted by Crippen LogP contribution is -2.33. The molecule has 2 aromatic carbocycles. The highest BCUT2D eigenvalue weighted by Crippen LogP contribution is 2.43. The van der Waals surface area contributed by atoms with Gasteiger partial charge in [-0.15, -0.1) is 0 Å². The third-order valence-corrected chi connectivity index (χ3v) is 6.09. The van der Waals surface area contributed by atoms with Crippen LogP contribution >= 0.6 is 0 Å². The van der Waals surface area contributed by atoms with E-state index in [1.807, 2.05) is 6.07 Å². The molecule has 1 aliphatic heterocycles. The van der Waals surface area contributed by atoms with Gasteiger partial charge in [0.2, 0.25) is 0 Å². The second kappa shape index (κ2) is 11.0. The monoisotopic (exact) mass is 452 g/mol. The molecular formula is C26H32N2O5. The summed E-state index contributed by atoms with van der Waals surface area (Å²) in [4.78, 5) is 30.1. The molecule has 0 bridgehead atoms. The molecule has 33 heavy (non-hydrogen) atoms. The number of ether oxygens (including phenoxy) is 2. The number of aliphatic hydroxyl groups is 1. The number of amides is 1. The number of hydrogen-bond donors (Lipinski definition) is 1. The second-order valence-corrected chi connectivity index (χ2v) is 7.85. The molecule has 7 heteroatoms. The van der Waals surface area contributed by atoms with Crippen molar-refractivity contribution in [3.8, 4) is 11.5 Å². The summed E-state index contributed by atoms with van der Waals surface area (Å²) >= 11 is 0. The largest absolute Gasteiger partial charge is 0.507 e. The average molecular weight is 453 g/mol. The highest BCUT2D eigenvalue weighted by Gasteiger charge is 2.47. The first-order valence-electron chi connectivity index (χ1n) is 11.2. The minimum atomic E-state index is -0.785. The first kappa shape index (κ1) is 24.3. The maximum atomic E-state index is 13.2. The van der Waals surface area contributed by atoms with Gasteiger partial charge in [-0.25, -0.2) is 0 Å². The normalized spacial score (nSPS) is 17.6. The summed E-state index contributed by atoms with van der Waals surface area (Å²) in [6, 6.07) is 13.3. The molecule has 3 rings (SSSR count). The number of methoxy groups -OCH3 is 2. The van der Waals surface area contributed by atoms with E-state index < -0.39 is 17.7 Å². The quantitative estimate of drug-likeness (QED) is 0.335. The van der Waals surface area contributed by atoms with E-state index in [2.05, 4.69) is 18.7 Å². The number of aliphatic hydroxyl groups excluding tert-OH is 1. The van der Waals surface area contributed by atoms with Crippen LogP contribution in [0.5, 0.6) is 11.5 Å². The molecule has 1 heterocycles. The zero-order valence-electron chi connectivity index (χ0n) is 19.7. The molecule has 0 radical (unpaired) electrons. The van der Waals surface area contributed by atoms with Gasteiger partial charge in [-0.05, 0) is 44.3 Å². The van der Waals surface area contributed by atoms with Crippen LogP contribution in [0.2, 0.25) is 0 Å². The van der Waals surface area contributed by atoms with Gasteiger partial charge in [-0.2, -0.15) is 0 Å². The molecule has 0 unspecified atom stereocenters. The van der Waals surface area contributed by atoms with Crippen LogP contribution in [-0.2, 0) is 9.59 Å².